The summed E-state index contributed by atoms with van der Waals surface area (Å²) in [4.78, 5) is 21.8. The van der Waals surface area contributed by atoms with E-state index in [2.05, 4.69) is 10.4 Å². The van der Waals surface area contributed by atoms with Crippen LogP contribution in [0.5, 0.6) is 0 Å². The zero-order valence-electron chi connectivity index (χ0n) is 11.6. The first-order valence-corrected chi connectivity index (χ1v) is 6.55. The van der Waals surface area contributed by atoms with Gasteiger partial charge in [-0.05, 0) is 30.7 Å². The van der Waals surface area contributed by atoms with Crippen molar-refractivity contribution in [3.05, 3.63) is 52.3 Å². The van der Waals surface area contributed by atoms with Gasteiger partial charge in [0.15, 0.2) is 0 Å². The number of aryl methyl sites for hydroxylation is 1. The highest BCUT2D eigenvalue weighted by molar-refractivity contribution is 5.90. The van der Waals surface area contributed by atoms with Crippen molar-refractivity contribution in [2.24, 2.45) is 0 Å². The van der Waals surface area contributed by atoms with Gasteiger partial charge in [0.2, 0.25) is 5.91 Å². The first-order chi connectivity index (χ1) is 10.6. The summed E-state index contributed by atoms with van der Waals surface area (Å²) in [6.07, 6.45) is 3.30. The fourth-order valence-corrected chi connectivity index (χ4v) is 1.82. The standard InChI is InChI=1S/C14H13N5O3/c15-8-11-3-5-12(6-4-11)17-14(20)2-1-7-18-10-13(9-16-18)19(21)22/h3-6,9-10H,1-2,7H2,(H,17,20). The van der Waals surface area contributed by atoms with Crippen molar-refractivity contribution in [2.75, 3.05) is 5.32 Å². The summed E-state index contributed by atoms with van der Waals surface area (Å²) in [7, 11) is 0. The zero-order chi connectivity index (χ0) is 15.9. The quantitative estimate of drug-likeness (QED) is 0.648. The molecule has 0 unspecified atom stereocenters. The lowest BCUT2D eigenvalue weighted by Gasteiger charge is -2.05. The van der Waals surface area contributed by atoms with E-state index in [9.17, 15) is 14.9 Å². The van der Waals surface area contributed by atoms with Gasteiger partial charge in [-0.3, -0.25) is 19.6 Å². The van der Waals surface area contributed by atoms with Crippen molar-refractivity contribution >= 4 is 17.3 Å². The highest BCUT2D eigenvalue weighted by Crippen LogP contribution is 2.11. The number of nitriles is 1. The molecule has 0 aliphatic heterocycles. The highest BCUT2D eigenvalue weighted by atomic mass is 16.6. The molecule has 1 heterocycles. The van der Waals surface area contributed by atoms with Crippen LogP contribution in [0.3, 0.4) is 0 Å². The van der Waals surface area contributed by atoms with Crippen molar-refractivity contribution in [1.29, 1.82) is 5.26 Å². The molecular weight excluding hydrogens is 286 g/mol. The molecule has 0 saturated heterocycles. The topological polar surface area (TPSA) is 114 Å². The van der Waals surface area contributed by atoms with Crippen molar-refractivity contribution in [3.8, 4) is 6.07 Å². The minimum Gasteiger partial charge on any atom is -0.326 e. The largest absolute Gasteiger partial charge is 0.326 e. The second-order valence-corrected chi connectivity index (χ2v) is 4.56. The van der Waals surface area contributed by atoms with Crippen LogP contribution >= 0.6 is 0 Å². The number of hydrogen-bond acceptors (Lipinski definition) is 5. The number of amides is 1. The minimum atomic E-state index is -0.513. The van der Waals surface area contributed by atoms with Gasteiger partial charge in [0.25, 0.3) is 0 Å². The number of carbonyl (C=O) groups excluding carboxylic acids is 1. The van der Waals surface area contributed by atoms with E-state index in [0.29, 0.717) is 24.2 Å². The van der Waals surface area contributed by atoms with Gasteiger partial charge in [0.05, 0.1) is 16.6 Å². The van der Waals surface area contributed by atoms with Crippen molar-refractivity contribution in [1.82, 2.24) is 9.78 Å². The number of rotatable bonds is 6. The normalized spacial score (nSPS) is 9.95. The van der Waals surface area contributed by atoms with E-state index in [1.54, 1.807) is 24.3 Å². The van der Waals surface area contributed by atoms with E-state index in [1.807, 2.05) is 6.07 Å². The zero-order valence-corrected chi connectivity index (χ0v) is 11.6. The Morgan fingerprint density at radius 3 is 2.73 bits per heavy atom. The highest BCUT2D eigenvalue weighted by Gasteiger charge is 2.09. The van der Waals surface area contributed by atoms with Crippen molar-refractivity contribution < 1.29 is 9.72 Å². The number of carbonyl (C=O) groups is 1. The molecule has 22 heavy (non-hydrogen) atoms. The number of hydrogen-bond donors (Lipinski definition) is 1. The summed E-state index contributed by atoms with van der Waals surface area (Å²) in [6.45, 7) is 0.425. The van der Waals surface area contributed by atoms with E-state index < -0.39 is 4.92 Å². The summed E-state index contributed by atoms with van der Waals surface area (Å²) in [5.41, 5.74) is 1.08. The van der Waals surface area contributed by atoms with Crippen LogP contribution in [-0.4, -0.2) is 20.6 Å². The van der Waals surface area contributed by atoms with Crippen LogP contribution in [0.15, 0.2) is 36.7 Å². The molecule has 0 aliphatic carbocycles. The first kappa shape index (κ1) is 15.2. The number of nitrogens with one attached hydrogen (secondary N) is 1. The van der Waals surface area contributed by atoms with E-state index >= 15 is 0 Å². The van der Waals surface area contributed by atoms with Crippen molar-refractivity contribution in [2.45, 2.75) is 19.4 Å². The fourth-order valence-electron chi connectivity index (χ4n) is 1.82. The number of anilines is 1. The average molecular weight is 299 g/mol. The average Bonchev–Trinajstić information content (AvgIpc) is 2.97. The van der Waals surface area contributed by atoms with Crippen LogP contribution in [0.1, 0.15) is 18.4 Å². The Labute approximate surface area is 126 Å². The summed E-state index contributed by atoms with van der Waals surface area (Å²) < 4.78 is 1.44. The molecule has 112 valence electrons. The number of nitro groups is 1. The number of aromatic nitrogens is 2. The predicted molar refractivity (Wildman–Crippen MR) is 77.9 cm³/mol. The van der Waals surface area contributed by atoms with Gasteiger partial charge < -0.3 is 5.32 Å². The van der Waals surface area contributed by atoms with Crippen LogP contribution in [-0.2, 0) is 11.3 Å². The van der Waals surface area contributed by atoms with Gasteiger partial charge in [0, 0.05) is 18.7 Å². The molecule has 8 heteroatoms. The molecule has 0 fully saturated rings. The van der Waals surface area contributed by atoms with Gasteiger partial charge in [-0.15, -0.1) is 0 Å². The molecule has 8 nitrogen and oxygen atoms in total. The monoisotopic (exact) mass is 299 g/mol. The van der Waals surface area contributed by atoms with Gasteiger partial charge in [-0.1, -0.05) is 0 Å². The molecule has 1 amide bonds. The lowest BCUT2D eigenvalue weighted by atomic mass is 10.2. The summed E-state index contributed by atoms with van der Waals surface area (Å²) in [5.74, 6) is -0.161. The van der Waals surface area contributed by atoms with E-state index in [-0.39, 0.29) is 18.0 Å². The van der Waals surface area contributed by atoms with Crippen molar-refractivity contribution in [3.63, 3.8) is 0 Å². The third-order valence-electron chi connectivity index (χ3n) is 2.92. The smallest absolute Gasteiger partial charge is 0.306 e. The lowest BCUT2D eigenvalue weighted by molar-refractivity contribution is -0.385. The SMILES string of the molecule is N#Cc1ccc(NC(=O)CCCn2cc([N+](=O)[O-])cn2)cc1. The van der Waals surface area contributed by atoms with Gasteiger partial charge in [-0.25, -0.2) is 0 Å². The van der Waals surface area contributed by atoms with Crippen LogP contribution in [0.4, 0.5) is 11.4 Å². The maximum Gasteiger partial charge on any atom is 0.306 e. The van der Waals surface area contributed by atoms with Gasteiger partial charge in [0.1, 0.15) is 12.4 Å². The molecule has 0 saturated carbocycles. The maximum atomic E-state index is 11.8. The Kier molecular flexibility index (Phi) is 4.82. The molecular formula is C14H13N5O3. The third-order valence-corrected chi connectivity index (χ3v) is 2.92. The Bertz CT molecular complexity index is 715. The maximum absolute atomic E-state index is 11.8. The van der Waals surface area contributed by atoms with E-state index in [1.165, 1.54) is 17.1 Å². The van der Waals surface area contributed by atoms with Crippen LogP contribution in [0.25, 0.3) is 0 Å². The van der Waals surface area contributed by atoms with Crippen LogP contribution in [0, 0.1) is 21.4 Å². The third kappa shape index (κ3) is 4.14. The van der Waals surface area contributed by atoms with Crippen LogP contribution in [0.2, 0.25) is 0 Å². The Morgan fingerprint density at radius 2 is 2.14 bits per heavy atom. The Hall–Kier alpha value is -3.21. The van der Waals surface area contributed by atoms with Gasteiger partial charge >= 0.3 is 5.69 Å². The lowest BCUT2D eigenvalue weighted by Crippen LogP contribution is -2.12. The second kappa shape index (κ2) is 6.99. The summed E-state index contributed by atoms with van der Waals surface area (Å²) >= 11 is 0. The fraction of sp³-hybridized carbons (Fsp3) is 0.214. The molecule has 1 N–H and O–H groups in total. The molecule has 1 aromatic carbocycles. The molecule has 0 spiro atoms. The summed E-state index contributed by atoms with van der Waals surface area (Å²) in [5, 5.41) is 25.8. The summed E-state index contributed by atoms with van der Waals surface area (Å²) in [6, 6.07) is 8.57. The molecule has 2 rings (SSSR count). The second-order valence-electron chi connectivity index (χ2n) is 4.56. The van der Waals surface area contributed by atoms with E-state index in [4.69, 9.17) is 5.26 Å². The van der Waals surface area contributed by atoms with E-state index in [0.717, 1.165) is 0 Å². The molecule has 0 atom stereocenters. The van der Waals surface area contributed by atoms with Gasteiger partial charge in [-0.2, -0.15) is 10.4 Å². The predicted octanol–water partition coefficient (Wildman–Crippen LogP) is 2.08. The molecule has 0 radical (unpaired) electrons. The number of benzene rings is 1. The minimum absolute atomic E-state index is 0.0676. The molecule has 2 aromatic rings. The molecule has 0 bridgehead atoms. The Morgan fingerprint density at radius 1 is 1.41 bits per heavy atom. The Balaban J connectivity index is 1.77. The molecule has 0 aliphatic rings. The molecule has 1 aromatic heterocycles. The number of nitrogens with zero attached hydrogens (tertiary/aromatic N) is 4. The first-order valence-electron chi connectivity index (χ1n) is 6.55. The van der Waals surface area contributed by atoms with Crippen LogP contribution < -0.4 is 5.32 Å².